The molecule has 0 N–H and O–H groups in total. The average molecular weight is 329 g/mol. The summed E-state index contributed by atoms with van der Waals surface area (Å²) in [6, 6.07) is 5.55. The van der Waals surface area contributed by atoms with E-state index in [0.29, 0.717) is 9.50 Å². The maximum absolute atomic E-state index is 12.3. The molecule has 2 nitrogen and oxygen atoms in total. The molecule has 1 aromatic carbocycles. The van der Waals surface area contributed by atoms with Crippen molar-refractivity contribution in [3.8, 4) is 11.8 Å². The van der Waals surface area contributed by atoms with Crippen LogP contribution in [0.5, 0.6) is 5.75 Å². The summed E-state index contributed by atoms with van der Waals surface area (Å²) in [5.41, 5.74) is 0. The molecule has 1 atom stereocenters. The van der Waals surface area contributed by atoms with Crippen molar-refractivity contribution < 1.29 is 17.9 Å². The lowest BCUT2D eigenvalue weighted by Crippen LogP contribution is -2.27. The van der Waals surface area contributed by atoms with Crippen LogP contribution in [0.15, 0.2) is 22.7 Å². The standard InChI is InChI=1S/C10H6BrClF3NO/c11-8-3-7(12)1-2-9(8)17-5-6(4-16)10(13,14)15/h1-3,6H,5H2. The zero-order chi connectivity index (χ0) is 13.1. The quantitative estimate of drug-likeness (QED) is 0.834. The van der Waals surface area contributed by atoms with Gasteiger partial charge in [-0.05, 0) is 34.1 Å². The zero-order valence-electron chi connectivity index (χ0n) is 8.26. The molecule has 0 saturated carbocycles. The number of benzene rings is 1. The molecule has 0 amide bonds. The van der Waals surface area contributed by atoms with Gasteiger partial charge in [-0.3, -0.25) is 0 Å². The molecular formula is C10H6BrClF3NO. The highest BCUT2D eigenvalue weighted by Crippen LogP contribution is 2.30. The van der Waals surface area contributed by atoms with Gasteiger partial charge >= 0.3 is 6.18 Å². The maximum atomic E-state index is 12.3. The first-order valence-corrected chi connectivity index (χ1v) is 5.56. The minimum Gasteiger partial charge on any atom is -0.491 e. The summed E-state index contributed by atoms with van der Waals surface area (Å²) in [5.74, 6) is -1.94. The van der Waals surface area contributed by atoms with E-state index in [4.69, 9.17) is 21.6 Å². The summed E-state index contributed by atoms with van der Waals surface area (Å²) in [5, 5.41) is 8.80. The van der Waals surface area contributed by atoms with E-state index in [1.165, 1.54) is 18.2 Å². The number of nitrogens with zero attached hydrogens (tertiary/aromatic N) is 1. The lowest BCUT2D eigenvalue weighted by Gasteiger charge is -2.14. The molecule has 92 valence electrons. The molecule has 0 aliphatic rings. The summed E-state index contributed by atoms with van der Waals surface area (Å²) >= 11 is 8.76. The molecule has 7 heteroatoms. The molecule has 1 rings (SSSR count). The monoisotopic (exact) mass is 327 g/mol. The number of ether oxygens (including phenoxy) is 1. The largest absolute Gasteiger partial charge is 0.491 e. The van der Waals surface area contributed by atoms with Gasteiger partial charge in [0.2, 0.25) is 0 Å². The molecule has 0 aliphatic carbocycles. The molecule has 0 spiro atoms. The number of rotatable bonds is 3. The maximum Gasteiger partial charge on any atom is 0.407 e. The van der Waals surface area contributed by atoms with Crippen LogP contribution in [0.3, 0.4) is 0 Å². The summed E-state index contributed by atoms with van der Waals surface area (Å²) in [6.45, 7) is -0.750. The smallest absolute Gasteiger partial charge is 0.407 e. The van der Waals surface area contributed by atoms with E-state index in [2.05, 4.69) is 15.9 Å². The molecule has 0 aliphatic heterocycles. The Bertz CT molecular complexity index is 444. The van der Waals surface area contributed by atoms with Gasteiger partial charge in [0.15, 0.2) is 5.92 Å². The van der Waals surface area contributed by atoms with Crippen LogP contribution in [0.2, 0.25) is 5.02 Å². The van der Waals surface area contributed by atoms with Crippen molar-refractivity contribution in [3.63, 3.8) is 0 Å². The van der Waals surface area contributed by atoms with E-state index in [9.17, 15) is 13.2 Å². The molecule has 0 radical (unpaired) electrons. The van der Waals surface area contributed by atoms with Gasteiger partial charge in [-0.1, -0.05) is 11.6 Å². The van der Waals surface area contributed by atoms with Gasteiger partial charge in [0, 0.05) is 5.02 Å². The van der Waals surface area contributed by atoms with E-state index < -0.39 is 18.7 Å². The second-order valence-electron chi connectivity index (χ2n) is 3.11. The lowest BCUT2D eigenvalue weighted by atomic mass is 10.2. The van der Waals surface area contributed by atoms with E-state index >= 15 is 0 Å². The Labute approximate surface area is 109 Å². The molecule has 0 heterocycles. The number of alkyl halides is 3. The average Bonchev–Trinajstić information content (AvgIpc) is 2.19. The topological polar surface area (TPSA) is 33.0 Å². The fraction of sp³-hybridized carbons (Fsp3) is 0.300. The van der Waals surface area contributed by atoms with Gasteiger partial charge in [0.05, 0.1) is 10.5 Å². The minimum atomic E-state index is -4.59. The normalized spacial score (nSPS) is 12.9. The summed E-state index contributed by atoms with van der Waals surface area (Å²) in [7, 11) is 0. The number of halogens is 5. The van der Waals surface area contributed by atoms with Gasteiger partial charge in [-0.25, -0.2) is 0 Å². The Morgan fingerprint density at radius 2 is 2.12 bits per heavy atom. The van der Waals surface area contributed by atoms with Crippen LogP contribution >= 0.6 is 27.5 Å². The molecular weight excluding hydrogens is 322 g/mol. The van der Waals surface area contributed by atoms with E-state index in [-0.39, 0.29) is 5.75 Å². The first kappa shape index (κ1) is 14.1. The third kappa shape index (κ3) is 4.10. The van der Waals surface area contributed by atoms with Crippen molar-refractivity contribution in [2.75, 3.05) is 6.61 Å². The summed E-state index contributed by atoms with van der Waals surface area (Å²) in [4.78, 5) is 0. The van der Waals surface area contributed by atoms with Crippen LogP contribution in [-0.2, 0) is 0 Å². The van der Waals surface area contributed by atoms with Crippen molar-refractivity contribution in [3.05, 3.63) is 27.7 Å². The molecule has 0 fully saturated rings. The van der Waals surface area contributed by atoms with E-state index in [1.54, 1.807) is 0 Å². The van der Waals surface area contributed by atoms with Crippen molar-refractivity contribution in [2.45, 2.75) is 6.18 Å². The molecule has 1 unspecified atom stereocenters. The van der Waals surface area contributed by atoms with Crippen LogP contribution in [0, 0.1) is 17.2 Å². The van der Waals surface area contributed by atoms with Crippen LogP contribution < -0.4 is 4.74 Å². The fourth-order valence-corrected chi connectivity index (χ4v) is 1.77. The van der Waals surface area contributed by atoms with E-state index in [0.717, 1.165) is 6.07 Å². The predicted molar refractivity (Wildman–Crippen MR) is 59.8 cm³/mol. The Balaban J connectivity index is 2.71. The van der Waals surface area contributed by atoms with Crippen molar-refractivity contribution in [2.24, 2.45) is 5.92 Å². The Morgan fingerprint density at radius 1 is 1.47 bits per heavy atom. The highest BCUT2D eigenvalue weighted by atomic mass is 79.9. The molecule has 0 aromatic heterocycles. The molecule has 1 aromatic rings. The highest BCUT2D eigenvalue weighted by Gasteiger charge is 2.40. The number of hydrogen-bond donors (Lipinski definition) is 0. The molecule has 17 heavy (non-hydrogen) atoms. The van der Waals surface area contributed by atoms with Crippen LogP contribution in [0.1, 0.15) is 0 Å². The predicted octanol–water partition coefficient (Wildman–Crippen LogP) is 4.18. The SMILES string of the molecule is N#CC(COc1ccc(Cl)cc1Br)C(F)(F)F. The van der Waals surface area contributed by atoms with Gasteiger partial charge in [-0.15, -0.1) is 0 Å². The first-order valence-electron chi connectivity index (χ1n) is 4.38. The van der Waals surface area contributed by atoms with E-state index in [1.807, 2.05) is 0 Å². The van der Waals surface area contributed by atoms with Gasteiger partial charge in [0.1, 0.15) is 12.4 Å². The zero-order valence-corrected chi connectivity index (χ0v) is 10.6. The number of nitriles is 1. The summed E-state index contributed by atoms with van der Waals surface area (Å²) < 4.78 is 42.1. The van der Waals surface area contributed by atoms with Gasteiger partial charge in [-0.2, -0.15) is 18.4 Å². The van der Waals surface area contributed by atoms with Crippen LogP contribution in [-0.4, -0.2) is 12.8 Å². The summed E-state index contributed by atoms with van der Waals surface area (Å²) in [6.07, 6.45) is -4.59. The van der Waals surface area contributed by atoms with Crippen molar-refractivity contribution >= 4 is 27.5 Å². The fourth-order valence-electron chi connectivity index (χ4n) is 0.970. The molecule has 0 saturated heterocycles. The van der Waals surface area contributed by atoms with Crippen molar-refractivity contribution in [1.29, 1.82) is 5.26 Å². The Kier molecular flexibility index (Phi) is 4.66. The van der Waals surface area contributed by atoms with Crippen LogP contribution in [0.4, 0.5) is 13.2 Å². The van der Waals surface area contributed by atoms with Crippen molar-refractivity contribution in [1.82, 2.24) is 0 Å². The Hall–Kier alpha value is -0.930. The van der Waals surface area contributed by atoms with Gasteiger partial charge < -0.3 is 4.74 Å². The minimum absolute atomic E-state index is 0.207. The first-order chi connectivity index (χ1) is 7.84. The van der Waals surface area contributed by atoms with Gasteiger partial charge in [0.25, 0.3) is 0 Å². The molecule has 0 bridgehead atoms. The lowest BCUT2D eigenvalue weighted by molar-refractivity contribution is -0.165. The van der Waals surface area contributed by atoms with Crippen LogP contribution in [0.25, 0.3) is 0 Å². The third-order valence-electron chi connectivity index (χ3n) is 1.85. The highest BCUT2D eigenvalue weighted by molar-refractivity contribution is 9.10. The third-order valence-corrected chi connectivity index (χ3v) is 2.71. The number of hydrogen-bond acceptors (Lipinski definition) is 2. The Morgan fingerprint density at radius 3 is 2.59 bits per heavy atom. The second kappa shape index (κ2) is 5.61. The second-order valence-corrected chi connectivity index (χ2v) is 4.40.